The van der Waals surface area contributed by atoms with Gasteiger partial charge in [-0.25, -0.2) is 0 Å². The van der Waals surface area contributed by atoms with Gasteiger partial charge in [0.05, 0.1) is 0 Å². The van der Waals surface area contributed by atoms with E-state index in [1.54, 1.807) is 6.20 Å². The number of rotatable bonds is 3. The Balaban J connectivity index is 1.67. The molecule has 2 aliphatic rings. The van der Waals surface area contributed by atoms with Crippen LogP contribution in [-0.4, -0.2) is 30.0 Å². The molecule has 0 atom stereocenters. The molecule has 1 aliphatic carbocycles. The molecule has 1 saturated heterocycles. The summed E-state index contributed by atoms with van der Waals surface area (Å²) in [5, 5.41) is 6.49. The predicted octanol–water partition coefficient (Wildman–Crippen LogP) is 2.22. The molecule has 1 saturated carbocycles. The van der Waals surface area contributed by atoms with Crippen molar-refractivity contribution in [3.63, 3.8) is 0 Å². The van der Waals surface area contributed by atoms with Crippen LogP contribution in [0.25, 0.3) is 0 Å². The molecule has 2 heterocycles. The first kappa shape index (κ1) is 13.6. The van der Waals surface area contributed by atoms with Crippen molar-refractivity contribution in [1.29, 1.82) is 0 Å². The summed E-state index contributed by atoms with van der Waals surface area (Å²) in [6, 6.07) is 4.40. The number of pyridine rings is 1. The Morgan fingerprint density at radius 3 is 2.70 bits per heavy atom. The van der Waals surface area contributed by atoms with E-state index < -0.39 is 0 Å². The molecule has 0 unspecified atom stereocenters. The van der Waals surface area contributed by atoms with Crippen molar-refractivity contribution in [1.82, 2.24) is 15.6 Å². The molecule has 0 spiro atoms. The zero-order chi connectivity index (χ0) is 13.8. The lowest BCUT2D eigenvalue weighted by atomic mass is 9.90. The van der Waals surface area contributed by atoms with Crippen molar-refractivity contribution in [3.05, 3.63) is 29.6 Å². The van der Waals surface area contributed by atoms with Crippen LogP contribution in [0, 0.1) is 0 Å². The van der Waals surface area contributed by atoms with Crippen LogP contribution in [0.5, 0.6) is 0 Å². The van der Waals surface area contributed by atoms with Gasteiger partial charge in [0.15, 0.2) is 0 Å². The summed E-state index contributed by atoms with van der Waals surface area (Å²) in [6.07, 6.45) is 8.75. The summed E-state index contributed by atoms with van der Waals surface area (Å²) in [7, 11) is 0. The topological polar surface area (TPSA) is 54.0 Å². The average molecular weight is 273 g/mol. The van der Waals surface area contributed by atoms with Crippen molar-refractivity contribution in [2.24, 2.45) is 0 Å². The number of carbonyl (C=O) groups excluding carboxylic acids is 1. The van der Waals surface area contributed by atoms with Crippen LogP contribution < -0.4 is 10.6 Å². The Morgan fingerprint density at radius 1 is 1.20 bits per heavy atom. The molecular formula is C16H23N3O. The number of hydrogen-bond acceptors (Lipinski definition) is 3. The highest BCUT2D eigenvalue weighted by Crippen LogP contribution is 2.25. The lowest BCUT2D eigenvalue weighted by Crippen LogP contribution is -2.33. The van der Waals surface area contributed by atoms with Crippen molar-refractivity contribution >= 4 is 5.91 Å². The van der Waals surface area contributed by atoms with E-state index in [4.69, 9.17) is 0 Å². The Labute approximate surface area is 120 Å². The third kappa shape index (κ3) is 3.18. The quantitative estimate of drug-likeness (QED) is 0.888. The number of aromatic nitrogens is 1. The van der Waals surface area contributed by atoms with Crippen LogP contribution >= 0.6 is 0 Å². The highest BCUT2D eigenvalue weighted by atomic mass is 16.1. The third-order valence-corrected chi connectivity index (χ3v) is 4.52. The molecular weight excluding hydrogens is 250 g/mol. The number of nitrogens with one attached hydrogen (secondary N) is 2. The van der Waals surface area contributed by atoms with Crippen LogP contribution in [0.1, 0.15) is 60.5 Å². The first-order valence-corrected chi connectivity index (χ1v) is 7.80. The summed E-state index contributed by atoms with van der Waals surface area (Å²) in [4.78, 5) is 16.5. The van der Waals surface area contributed by atoms with E-state index in [9.17, 15) is 4.79 Å². The Morgan fingerprint density at radius 2 is 1.95 bits per heavy atom. The van der Waals surface area contributed by atoms with Gasteiger partial charge in [-0.3, -0.25) is 9.78 Å². The van der Waals surface area contributed by atoms with Crippen LogP contribution in [0.15, 0.2) is 18.3 Å². The van der Waals surface area contributed by atoms with Crippen molar-refractivity contribution < 1.29 is 4.79 Å². The highest BCUT2D eigenvalue weighted by molar-refractivity contribution is 5.92. The SMILES string of the molecule is O=C(NC1CCCC1)c1cc(C2CCNCC2)ccn1. The fourth-order valence-electron chi connectivity index (χ4n) is 3.31. The van der Waals surface area contributed by atoms with Crippen LogP contribution in [0.3, 0.4) is 0 Å². The van der Waals surface area contributed by atoms with Gasteiger partial charge in [0.1, 0.15) is 5.69 Å². The first-order chi connectivity index (χ1) is 9.83. The maximum atomic E-state index is 12.2. The molecule has 4 heteroatoms. The molecule has 2 fully saturated rings. The smallest absolute Gasteiger partial charge is 0.270 e. The van der Waals surface area contributed by atoms with Crippen LogP contribution in [0.2, 0.25) is 0 Å². The second kappa shape index (κ2) is 6.35. The minimum Gasteiger partial charge on any atom is -0.348 e. The molecule has 20 heavy (non-hydrogen) atoms. The molecule has 0 radical (unpaired) electrons. The number of piperidine rings is 1. The van der Waals surface area contributed by atoms with E-state index in [0.717, 1.165) is 38.8 Å². The third-order valence-electron chi connectivity index (χ3n) is 4.52. The van der Waals surface area contributed by atoms with Gasteiger partial charge in [-0.05, 0) is 62.4 Å². The van der Waals surface area contributed by atoms with E-state index in [1.165, 1.54) is 18.4 Å². The molecule has 2 N–H and O–H groups in total. The van der Waals surface area contributed by atoms with Crippen molar-refractivity contribution in [2.45, 2.75) is 50.5 Å². The number of amides is 1. The molecule has 0 bridgehead atoms. The number of nitrogens with zero attached hydrogens (tertiary/aromatic N) is 1. The normalized spacial score (nSPS) is 21.0. The van der Waals surface area contributed by atoms with Gasteiger partial charge in [-0.1, -0.05) is 12.8 Å². The van der Waals surface area contributed by atoms with Gasteiger partial charge in [0, 0.05) is 12.2 Å². The fraction of sp³-hybridized carbons (Fsp3) is 0.625. The maximum Gasteiger partial charge on any atom is 0.270 e. The summed E-state index contributed by atoms with van der Waals surface area (Å²) < 4.78 is 0. The summed E-state index contributed by atoms with van der Waals surface area (Å²) >= 11 is 0. The van der Waals surface area contributed by atoms with Gasteiger partial charge < -0.3 is 10.6 Å². The van der Waals surface area contributed by atoms with Gasteiger partial charge in [-0.2, -0.15) is 0 Å². The number of hydrogen-bond donors (Lipinski definition) is 2. The molecule has 1 aliphatic heterocycles. The Hall–Kier alpha value is -1.42. The van der Waals surface area contributed by atoms with E-state index in [0.29, 0.717) is 17.7 Å². The van der Waals surface area contributed by atoms with Crippen LogP contribution in [0.4, 0.5) is 0 Å². The number of carbonyl (C=O) groups is 1. The zero-order valence-electron chi connectivity index (χ0n) is 11.9. The van der Waals surface area contributed by atoms with Crippen LogP contribution in [-0.2, 0) is 0 Å². The van der Waals surface area contributed by atoms with Gasteiger partial charge in [0.25, 0.3) is 5.91 Å². The molecule has 3 rings (SSSR count). The summed E-state index contributed by atoms with van der Waals surface area (Å²) in [6.45, 7) is 2.13. The summed E-state index contributed by atoms with van der Waals surface area (Å²) in [5.41, 5.74) is 1.84. The monoisotopic (exact) mass is 273 g/mol. The minimum atomic E-state index is -0.00677. The average Bonchev–Trinajstić information content (AvgIpc) is 3.01. The van der Waals surface area contributed by atoms with Gasteiger partial charge in [0.2, 0.25) is 0 Å². The summed E-state index contributed by atoms with van der Waals surface area (Å²) in [5.74, 6) is 0.560. The molecule has 1 amide bonds. The molecule has 4 nitrogen and oxygen atoms in total. The lowest BCUT2D eigenvalue weighted by molar-refractivity contribution is 0.0932. The predicted molar refractivity (Wildman–Crippen MR) is 78.8 cm³/mol. The van der Waals surface area contributed by atoms with E-state index in [1.807, 2.05) is 6.07 Å². The molecule has 1 aromatic heterocycles. The zero-order valence-corrected chi connectivity index (χ0v) is 11.9. The molecule has 1 aromatic rings. The highest BCUT2D eigenvalue weighted by Gasteiger charge is 2.20. The first-order valence-electron chi connectivity index (χ1n) is 7.80. The van der Waals surface area contributed by atoms with E-state index in [2.05, 4.69) is 21.7 Å². The lowest BCUT2D eigenvalue weighted by Gasteiger charge is -2.23. The van der Waals surface area contributed by atoms with E-state index >= 15 is 0 Å². The minimum absolute atomic E-state index is 0.00677. The van der Waals surface area contributed by atoms with Crippen molar-refractivity contribution in [3.8, 4) is 0 Å². The fourth-order valence-corrected chi connectivity index (χ4v) is 3.31. The van der Waals surface area contributed by atoms with Crippen molar-refractivity contribution in [2.75, 3.05) is 13.1 Å². The maximum absolute atomic E-state index is 12.2. The standard InChI is InChI=1S/C16H23N3O/c20-16(19-14-3-1-2-4-14)15-11-13(7-10-18-15)12-5-8-17-9-6-12/h7,10-12,14,17H,1-6,8-9H2,(H,19,20). The van der Waals surface area contributed by atoms with Gasteiger partial charge in [-0.15, -0.1) is 0 Å². The Kier molecular flexibility index (Phi) is 4.31. The Bertz CT molecular complexity index is 463. The van der Waals surface area contributed by atoms with Gasteiger partial charge >= 0.3 is 0 Å². The largest absolute Gasteiger partial charge is 0.348 e. The molecule has 108 valence electrons. The second-order valence-electron chi connectivity index (χ2n) is 5.95. The molecule has 0 aromatic carbocycles. The van der Waals surface area contributed by atoms with E-state index in [-0.39, 0.29) is 5.91 Å². The second-order valence-corrected chi connectivity index (χ2v) is 5.95.